The van der Waals surface area contributed by atoms with Gasteiger partial charge in [-0.3, -0.25) is 4.90 Å². The first kappa shape index (κ1) is 10.1. The molecule has 0 aliphatic carbocycles. The van der Waals surface area contributed by atoms with Crippen LogP contribution in [0.4, 0.5) is 0 Å². The molecule has 0 N–H and O–H groups in total. The van der Waals surface area contributed by atoms with Crippen molar-refractivity contribution in [3.05, 3.63) is 35.4 Å². The monoisotopic (exact) mass is 231 g/mol. The van der Waals surface area contributed by atoms with Gasteiger partial charge in [0.2, 0.25) is 0 Å². The summed E-state index contributed by atoms with van der Waals surface area (Å²) in [6.07, 6.45) is 1.79. The van der Waals surface area contributed by atoms with Gasteiger partial charge in [-0.15, -0.1) is 0 Å². The molecule has 0 saturated carbocycles. The highest BCUT2D eigenvalue weighted by molar-refractivity contribution is 5.38. The fraction of sp³-hybridized carbons (Fsp3) is 0.571. The van der Waals surface area contributed by atoms with Crippen molar-refractivity contribution in [1.82, 2.24) is 4.90 Å². The van der Waals surface area contributed by atoms with Crippen molar-refractivity contribution in [1.29, 1.82) is 0 Å². The van der Waals surface area contributed by atoms with Gasteiger partial charge in [0, 0.05) is 19.1 Å². The van der Waals surface area contributed by atoms with Gasteiger partial charge in [-0.25, -0.2) is 0 Å². The van der Waals surface area contributed by atoms with Gasteiger partial charge in [0.05, 0.1) is 25.4 Å². The summed E-state index contributed by atoms with van der Waals surface area (Å²) in [5.41, 5.74) is 2.84. The highest BCUT2D eigenvalue weighted by Crippen LogP contribution is 2.52. The molecule has 3 heteroatoms. The summed E-state index contributed by atoms with van der Waals surface area (Å²) in [6, 6.07) is 9.26. The molecule has 3 aliphatic heterocycles. The number of morpholine rings is 1. The van der Waals surface area contributed by atoms with Gasteiger partial charge in [-0.1, -0.05) is 24.3 Å². The molecule has 0 aromatic heterocycles. The van der Waals surface area contributed by atoms with Crippen LogP contribution in [0.15, 0.2) is 24.3 Å². The van der Waals surface area contributed by atoms with Crippen molar-refractivity contribution >= 4 is 0 Å². The molecular weight excluding hydrogens is 214 g/mol. The second-order valence-corrected chi connectivity index (χ2v) is 5.13. The summed E-state index contributed by atoms with van der Waals surface area (Å²) >= 11 is 0. The van der Waals surface area contributed by atoms with E-state index in [1.807, 2.05) is 0 Å². The van der Waals surface area contributed by atoms with Crippen molar-refractivity contribution in [3.63, 3.8) is 0 Å². The fourth-order valence-electron chi connectivity index (χ4n) is 3.46. The molecule has 90 valence electrons. The van der Waals surface area contributed by atoms with E-state index < -0.39 is 0 Å². The Morgan fingerprint density at radius 3 is 2.65 bits per heavy atom. The maximum Gasteiger partial charge on any atom is 0.0993 e. The maximum absolute atomic E-state index is 6.13. The van der Waals surface area contributed by atoms with Gasteiger partial charge in [0.25, 0.3) is 0 Å². The van der Waals surface area contributed by atoms with Crippen LogP contribution in [0.2, 0.25) is 0 Å². The molecule has 0 radical (unpaired) electrons. The van der Waals surface area contributed by atoms with Gasteiger partial charge in [0.15, 0.2) is 0 Å². The Bertz CT molecular complexity index is 428. The molecule has 0 spiro atoms. The van der Waals surface area contributed by atoms with Crippen LogP contribution < -0.4 is 0 Å². The average Bonchev–Trinajstić information content (AvgIpc) is 2.99. The Morgan fingerprint density at radius 2 is 1.82 bits per heavy atom. The number of rotatable bonds is 1. The normalized spacial score (nSPS) is 36.1. The zero-order valence-corrected chi connectivity index (χ0v) is 9.84. The van der Waals surface area contributed by atoms with Crippen LogP contribution in [0.5, 0.6) is 0 Å². The molecule has 3 heterocycles. The predicted molar refractivity (Wildman–Crippen MR) is 63.8 cm³/mol. The lowest BCUT2D eigenvalue weighted by Crippen LogP contribution is -2.45. The lowest BCUT2D eigenvalue weighted by Gasteiger charge is -2.35. The zero-order chi connectivity index (χ0) is 11.2. The standard InChI is InChI=1S/C14H17NO2/c1-2-4-11-10(3-1)13-9-12(14(11)17-13)15-5-7-16-8-6-15/h1-4,12-14H,5-9H2/t12-,13+,14+/m0/s1. The van der Waals surface area contributed by atoms with E-state index in [2.05, 4.69) is 29.2 Å². The number of benzene rings is 1. The van der Waals surface area contributed by atoms with Gasteiger partial charge in [-0.05, 0) is 17.5 Å². The summed E-state index contributed by atoms with van der Waals surface area (Å²) in [5.74, 6) is 0. The number of hydrogen-bond acceptors (Lipinski definition) is 3. The number of fused-ring (bicyclic) bond motifs is 5. The van der Waals surface area contributed by atoms with E-state index in [0.29, 0.717) is 18.2 Å². The Morgan fingerprint density at radius 1 is 1.06 bits per heavy atom. The topological polar surface area (TPSA) is 21.7 Å². The molecule has 3 atom stereocenters. The summed E-state index contributed by atoms with van der Waals surface area (Å²) in [5, 5.41) is 0. The number of nitrogens with zero attached hydrogens (tertiary/aromatic N) is 1. The summed E-state index contributed by atoms with van der Waals surface area (Å²) < 4.78 is 11.6. The molecule has 2 fully saturated rings. The molecular formula is C14H17NO2. The second kappa shape index (κ2) is 3.80. The molecule has 2 bridgehead atoms. The Kier molecular flexibility index (Phi) is 2.25. The molecule has 3 nitrogen and oxygen atoms in total. The van der Waals surface area contributed by atoms with Gasteiger partial charge >= 0.3 is 0 Å². The minimum atomic E-state index is 0.300. The third kappa shape index (κ3) is 1.46. The van der Waals surface area contributed by atoms with E-state index in [9.17, 15) is 0 Å². The van der Waals surface area contributed by atoms with Gasteiger partial charge in [-0.2, -0.15) is 0 Å². The van der Waals surface area contributed by atoms with Crippen molar-refractivity contribution in [2.75, 3.05) is 26.3 Å². The molecule has 2 saturated heterocycles. The molecule has 3 aliphatic rings. The first-order valence-electron chi connectivity index (χ1n) is 6.49. The highest BCUT2D eigenvalue weighted by atomic mass is 16.5. The lowest BCUT2D eigenvalue weighted by molar-refractivity contribution is -0.00843. The second-order valence-electron chi connectivity index (χ2n) is 5.13. The largest absolute Gasteiger partial charge is 0.379 e. The SMILES string of the molecule is c1ccc2c(c1)[C@H]1O[C@@H]2C[C@@H]1N1CCOCC1. The summed E-state index contributed by atoms with van der Waals surface area (Å²) in [7, 11) is 0. The highest BCUT2D eigenvalue weighted by Gasteiger charge is 2.47. The lowest BCUT2D eigenvalue weighted by atomic mass is 9.87. The zero-order valence-electron chi connectivity index (χ0n) is 9.84. The van der Waals surface area contributed by atoms with Crippen molar-refractivity contribution in [2.24, 2.45) is 0 Å². The number of ether oxygens (including phenoxy) is 2. The minimum Gasteiger partial charge on any atom is -0.379 e. The van der Waals surface area contributed by atoms with E-state index in [1.54, 1.807) is 0 Å². The van der Waals surface area contributed by atoms with Crippen LogP contribution >= 0.6 is 0 Å². The summed E-state index contributed by atoms with van der Waals surface area (Å²) in [4.78, 5) is 2.55. The first-order chi connectivity index (χ1) is 8.43. The molecule has 1 aromatic rings. The molecule has 17 heavy (non-hydrogen) atoms. The Balaban J connectivity index is 1.62. The molecule has 4 rings (SSSR count). The van der Waals surface area contributed by atoms with E-state index in [4.69, 9.17) is 9.47 Å². The third-order valence-corrected chi connectivity index (χ3v) is 4.28. The Hall–Kier alpha value is -0.900. The smallest absolute Gasteiger partial charge is 0.0993 e. The van der Waals surface area contributed by atoms with Crippen LogP contribution in [-0.2, 0) is 9.47 Å². The van der Waals surface area contributed by atoms with Crippen molar-refractivity contribution < 1.29 is 9.47 Å². The molecule has 0 unspecified atom stereocenters. The van der Waals surface area contributed by atoms with Crippen molar-refractivity contribution in [3.8, 4) is 0 Å². The van der Waals surface area contributed by atoms with E-state index in [0.717, 1.165) is 32.7 Å². The quantitative estimate of drug-likeness (QED) is 0.737. The fourth-order valence-corrected chi connectivity index (χ4v) is 3.46. The van der Waals surface area contributed by atoms with Crippen LogP contribution in [0.1, 0.15) is 29.8 Å². The van der Waals surface area contributed by atoms with Crippen molar-refractivity contribution in [2.45, 2.75) is 24.7 Å². The van der Waals surface area contributed by atoms with Gasteiger partial charge in [0.1, 0.15) is 0 Å². The van der Waals surface area contributed by atoms with E-state index in [1.165, 1.54) is 11.1 Å². The predicted octanol–water partition coefficient (Wildman–Crippen LogP) is 1.90. The molecule has 0 amide bonds. The van der Waals surface area contributed by atoms with Crippen LogP contribution in [0.25, 0.3) is 0 Å². The third-order valence-electron chi connectivity index (χ3n) is 4.28. The Labute approximate surface area is 101 Å². The number of hydrogen-bond donors (Lipinski definition) is 0. The van der Waals surface area contributed by atoms with E-state index in [-0.39, 0.29) is 0 Å². The summed E-state index contributed by atoms with van der Waals surface area (Å²) in [6.45, 7) is 3.85. The maximum atomic E-state index is 6.13. The minimum absolute atomic E-state index is 0.300. The molecule has 1 aromatic carbocycles. The van der Waals surface area contributed by atoms with E-state index >= 15 is 0 Å². The van der Waals surface area contributed by atoms with Crippen LogP contribution in [0.3, 0.4) is 0 Å². The van der Waals surface area contributed by atoms with Gasteiger partial charge < -0.3 is 9.47 Å². The van der Waals surface area contributed by atoms with Crippen LogP contribution in [0, 0.1) is 0 Å². The van der Waals surface area contributed by atoms with Crippen LogP contribution in [-0.4, -0.2) is 37.2 Å². The first-order valence-corrected chi connectivity index (χ1v) is 6.49. The average molecular weight is 231 g/mol.